The molecular formula is C12H10ClNO3S. The summed E-state index contributed by atoms with van der Waals surface area (Å²) in [5, 5.41) is 11.6. The van der Waals surface area contributed by atoms with Crippen LogP contribution in [0.1, 0.15) is 5.69 Å². The second-order valence-corrected chi connectivity index (χ2v) is 4.80. The van der Waals surface area contributed by atoms with Gasteiger partial charge in [0.15, 0.2) is 0 Å². The lowest BCUT2D eigenvalue weighted by molar-refractivity contribution is -0.136. The summed E-state index contributed by atoms with van der Waals surface area (Å²) in [6, 6.07) is 5.33. The molecule has 0 atom stereocenters. The van der Waals surface area contributed by atoms with Gasteiger partial charge in [-0.2, -0.15) is 0 Å². The molecule has 1 heterocycles. The summed E-state index contributed by atoms with van der Waals surface area (Å²) in [7, 11) is 1.56. The molecular weight excluding hydrogens is 274 g/mol. The van der Waals surface area contributed by atoms with E-state index < -0.39 is 5.97 Å². The van der Waals surface area contributed by atoms with E-state index in [0.29, 0.717) is 27.0 Å². The van der Waals surface area contributed by atoms with E-state index in [-0.39, 0.29) is 6.42 Å². The number of methoxy groups -OCH3 is 1. The Bertz CT molecular complexity index is 582. The predicted octanol–water partition coefficient (Wildman–Crippen LogP) is 3.10. The summed E-state index contributed by atoms with van der Waals surface area (Å²) in [6.45, 7) is 0. The van der Waals surface area contributed by atoms with Gasteiger partial charge in [0.1, 0.15) is 10.8 Å². The van der Waals surface area contributed by atoms with Gasteiger partial charge in [-0.15, -0.1) is 11.3 Å². The van der Waals surface area contributed by atoms with Crippen molar-refractivity contribution >= 4 is 28.9 Å². The number of benzene rings is 1. The van der Waals surface area contributed by atoms with Crippen LogP contribution in [0.3, 0.4) is 0 Å². The lowest BCUT2D eigenvalue weighted by Crippen LogP contribution is -2.00. The summed E-state index contributed by atoms with van der Waals surface area (Å²) in [5.41, 5.74) is 1.22. The van der Waals surface area contributed by atoms with E-state index in [1.807, 2.05) is 0 Å². The number of halogens is 1. The first-order valence-corrected chi connectivity index (χ1v) is 6.36. The normalized spacial score (nSPS) is 10.3. The van der Waals surface area contributed by atoms with Crippen molar-refractivity contribution in [2.45, 2.75) is 6.42 Å². The largest absolute Gasteiger partial charge is 0.496 e. The fraction of sp³-hybridized carbons (Fsp3) is 0.167. The SMILES string of the molecule is COc1cccc(Cl)c1-c1nc(CC(=O)O)cs1. The molecule has 94 valence electrons. The molecule has 0 saturated carbocycles. The molecule has 0 saturated heterocycles. The second kappa shape index (κ2) is 5.37. The number of rotatable bonds is 4. The van der Waals surface area contributed by atoms with Crippen LogP contribution < -0.4 is 4.74 Å². The van der Waals surface area contributed by atoms with Crippen molar-refractivity contribution < 1.29 is 14.6 Å². The third-order valence-electron chi connectivity index (χ3n) is 2.29. The molecule has 2 aromatic rings. The minimum Gasteiger partial charge on any atom is -0.496 e. The molecule has 4 nitrogen and oxygen atoms in total. The first-order valence-electron chi connectivity index (χ1n) is 5.11. The van der Waals surface area contributed by atoms with Gasteiger partial charge in [-0.3, -0.25) is 4.79 Å². The van der Waals surface area contributed by atoms with Gasteiger partial charge in [0.25, 0.3) is 0 Å². The summed E-state index contributed by atoms with van der Waals surface area (Å²) < 4.78 is 5.24. The fourth-order valence-corrected chi connectivity index (χ4v) is 2.73. The molecule has 0 bridgehead atoms. The Morgan fingerprint density at radius 3 is 3.00 bits per heavy atom. The molecule has 6 heteroatoms. The van der Waals surface area contributed by atoms with E-state index in [9.17, 15) is 4.79 Å². The molecule has 0 aliphatic carbocycles. The lowest BCUT2D eigenvalue weighted by Gasteiger charge is -2.07. The van der Waals surface area contributed by atoms with Crippen molar-refractivity contribution in [3.05, 3.63) is 34.3 Å². The Balaban J connectivity index is 2.42. The monoisotopic (exact) mass is 283 g/mol. The predicted molar refractivity (Wildman–Crippen MR) is 70.5 cm³/mol. The van der Waals surface area contributed by atoms with Crippen molar-refractivity contribution in [1.82, 2.24) is 4.98 Å². The maximum Gasteiger partial charge on any atom is 0.309 e. The molecule has 1 aromatic heterocycles. The van der Waals surface area contributed by atoms with Crippen LogP contribution in [-0.2, 0) is 11.2 Å². The molecule has 0 spiro atoms. The summed E-state index contributed by atoms with van der Waals surface area (Å²) in [4.78, 5) is 14.9. The average Bonchev–Trinajstić information content (AvgIpc) is 2.75. The second-order valence-electron chi connectivity index (χ2n) is 3.53. The number of hydrogen-bond acceptors (Lipinski definition) is 4. The van der Waals surface area contributed by atoms with Gasteiger partial charge in [-0.05, 0) is 12.1 Å². The number of nitrogens with zero attached hydrogens (tertiary/aromatic N) is 1. The van der Waals surface area contributed by atoms with Crippen molar-refractivity contribution in [2.75, 3.05) is 7.11 Å². The average molecular weight is 284 g/mol. The Hall–Kier alpha value is -1.59. The number of carbonyl (C=O) groups is 1. The van der Waals surface area contributed by atoms with Crippen molar-refractivity contribution in [3.8, 4) is 16.3 Å². The van der Waals surface area contributed by atoms with Crippen molar-refractivity contribution in [2.24, 2.45) is 0 Å². The maximum atomic E-state index is 10.6. The highest BCUT2D eigenvalue weighted by atomic mass is 35.5. The molecule has 0 radical (unpaired) electrons. The number of hydrogen-bond donors (Lipinski definition) is 1. The summed E-state index contributed by atoms with van der Waals surface area (Å²) in [5.74, 6) is -0.281. The minimum atomic E-state index is -0.905. The van der Waals surface area contributed by atoms with Gasteiger partial charge in [-0.1, -0.05) is 17.7 Å². The van der Waals surface area contributed by atoms with E-state index in [1.165, 1.54) is 11.3 Å². The number of carboxylic acid groups (broad SMARTS) is 1. The Kier molecular flexibility index (Phi) is 3.84. The quantitative estimate of drug-likeness (QED) is 0.937. The molecule has 0 fully saturated rings. The zero-order valence-corrected chi connectivity index (χ0v) is 11.1. The van der Waals surface area contributed by atoms with Crippen LogP contribution in [0.15, 0.2) is 23.6 Å². The zero-order chi connectivity index (χ0) is 13.1. The van der Waals surface area contributed by atoms with Crippen LogP contribution in [0.5, 0.6) is 5.75 Å². The first-order chi connectivity index (χ1) is 8.61. The fourth-order valence-electron chi connectivity index (χ4n) is 1.54. The van der Waals surface area contributed by atoms with Crippen LogP contribution in [-0.4, -0.2) is 23.2 Å². The molecule has 0 aliphatic heterocycles. The van der Waals surface area contributed by atoms with Crippen LogP contribution in [0.25, 0.3) is 10.6 Å². The van der Waals surface area contributed by atoms with Crippen molar-refractivity contribution in [3.63, 3.8) is 0 Å². The van der Waals surface area contributed by atoms with Gasteiger partial charge in [0, 0.05) is 5.38 Å². The van der Waals surface area contributed by atoms with E-state index in [0.717, 1.165) is 0 Å². The zero-order valence-electron chi connectivity index (χ0n) is 9.51. The third kappa shape index (κ3) is 2.63. The maximum absolute atomic E-state index is 10.6. The number of aliphatic carboxylic acids is 1. The molecule has 0 aliphatic rings. The summed E-state index contributed by atoms with van der Waals surface area (Å²) >= 11 is 7.48. The topological polar surface area (TPSA) is 59.4 Å². The van der Waals surface area contributed by atoms with E-state index in [4.69, 9.17) is 21.4 Å². The first kappa shape index (κ1) is 12.9. The number of ether oxygens (including phenoxy) is 1. The highest BCUT2D eigenvalue weighted by Gasteiger charge is 2.14. The molecule has 0 unspecified atom stereocenters. The smallest absolute Gasteiger partial charge is 0.309 e. The highest BCUT2D eigenvalue weighted by molar-refractivity contribution is 7.13. The highest BCUT2D eigenvalue weighted by Crippen LogP contribution is 2.37. The van der Waals surface area contributed by atoms with Crippen LogP contribution in [0.4, 0.5) is 0 Å². The molecule has 18 heavy (non-hydrogen) atoms. The van der Waals surface area contributed by atoms with Gasteiger partial charge in [-0.25, -0.2) is 4.98 Å². The molecule has 1 N–H and O–H groups in total. The third-order valence-corrected chi connectivity index (χ3v) is 3.52. The molecule has 1 aromatic carbocycles. The lowest BCUT2D eigenvalue weighted by atomic mass is 10.2. The van der Waals surface area contributed by atoms with E-state index in [1.54, 1.807) is 30.7 Å². The Morgan fingerprint density at radius 1 is 1.56 bits per heavy atom. The standard InChI is InChI=1S/C12H10ClNO3S/c1-17-9-4-2-3-8(13)11(9)12-14-7(6-18-12)5-10(15)16/h2-4,6H,5H2,1H3,(H,15,16). The van der Waals surface area contributed by atoms with E-state index in [2.05, 4.69) is 4.98 Å². The molecule has 0 amide bonds. The van der Waals surface area contributed by atoms with Crippen LogP contribution >= 0.6 is 22.9 Å². The van der Waals surface area contributed by atoms with Crippen LogP contribution in [0.2, 0.25) is 5.02 Å². The minimum absolute atomic E-state index is 0.0940. The van der Waals surface area contributed by atoms with Crippen LogP contribution in [0, 0.1) is 0 Å². The van der Waals surface area contributed by atoms with Gasteiger partial charge in [0.05, 0.1) is 29.8 Å². The number of aromatic nitrogens is 1. The Morgan fingerprint density at radius 2 is 2.33 bits per heavy atom. The van der Waals surface area contributed by atoms with Gasteiger partial charge in [0.2, 0.25) is 0 Å². The van der Waals surface area contributed by atoms with E-state index >= 15 is 0 Å². The molecule has 2 rings (SSSR count). The van der Waals surface area contributed by atoms with Crippen molar-refractivity contribution in [1.29, 1.82) is 0 Å². The Labute approximate surface area is 113 Å². The van der Waals surface area contributed by atoms with Gasteiger partial charge < -0.3 is 9.84 Å². The summed E-state index contributed by atoms with van der Waals surface area (Å²) in [6.07, 6.45) is -0.0940. The van der Waals surface area contributed by atoms with Gasteiger partial charge >= 0.3 is 5.97 Å². The number of carboxylic acids is 1. The number of thiazole rings is 1.